The fourth-order valence-corrected chi connectivity index (χ4v) is 1.55. The zero-order valence-corrected chi connectivity index (χ0v) is 12.3. The molecule has 0 unspecified atom stereocenters. The first kappa shape index (κ1) is 15.9. The van der Waals surface area contributed by atoms with Crippen LogP contribution >= 0.6 is 0 Å². The van der Waals surface area contributed by atoms with Crippen LogP contribution in [-0.4, -0.2) is 25.9 Å². The smallest absolute Gasteiger partial charge is 0.165 e. The highest BCUT2D eigenvalue weighted by Gasteiger charge is 2.16. The topological polar surface area (TPSA) is 30.5 Å². The molecule has 0 aromatic heterocycles. The Balaban J connectivity index is 2.51. The summed E-state index contributed by atoms with van der Waals surface area (Å²) in [6.07, 6.45) is 0.710. The van der Waals surface area contributed by atoms with Crippen molar-refractivity contribution in [1.82, 2.24) is 5.32 Å². The number of nitrogens with one attached hydrogen (secondary N) is 1. The van der Waals surface area contributed by atoms with Crippen molar-refractivity contribution < 1.29 is 13.9 Å². The van der Waals surface area contributed by atoms with Gasteiger partial charge in [-0.1, -0.05) is 13.0 Å². The number of methoxy groups -OCH3 is 1. The van der Waals surface area contributed by atoms with Crippen LogP contribution in [0.4, 0.5) is 4.39 Å². The normalized spacial score (nSPS) is 11.6. The summed E-state index contributed by atoms with van der Waals surface area (Å²) in [5, 5.41) is 3.16. The summed E-state index contributed by atoms with van der Waals surface area (Å²) in [4.78, 5) is 0. The van der Waals surface area contributed by atoms with E-state index in [0.29, 0.717) is 25.3 Å². The van der Waals surface area contributed by atoms with E-state index in [1.165, 1.54) is 6.07 Å². The predicted molar refractivity (Wildman–Crippen MR) is 75.0 cm³/mol. The lowest BCUT2D eigenvalue weighted by Gasteiger charge is -2.22. The molecule has 0 aliphatic rings. The van der Waals surface area contributed by atoms with Crippen molar-refractivity contribution in [1.29, 1.82) is 0 Å². The molecule has 0 saturated heterocycles. The second-order valence-corrected chi connectivity index (χ2v) is 5.11. The summed E-state index contributed by atoms with van der Waals surface area (Å²) < 4.78 is 24.5. The van der Waals surface area contributed by atoms with Gasteiger partial charge >= 0.3 is 0 Å². The summed E-state index contributed by atoms with van der Waals surface area (Å²) in [5.41, 5.74) is 0.672. The lowest BCUT2D eigenvalue weighted by atomic mass is 10.1. The molecule has 1 N–H and O–H groups in total. The van der Waals surface area contributed by atoms with Crippen molar-refractivity contribution in [2.24, 2.45) is 0 Å². The van der Waals surface area contributed by atoms with E-state index >= 15 is 0 Å². The first-order valence-electron chi connectivity index (χ1n) is 6.65. The van der Waals surface area contributed by atoms with Crippen LogP contribution in [0.2, 0.25) is 0 Å². The molecule has 19 heavy (non-hydrogen) atoms. The fourth-order valence-electron chi connectivity index (χ4n) is 1.55. The molecule has 0 heterocycles. The molecular weight excluding hydrogens is 245 g/mol. The lowest BCUT2D eigenvalue weighted by Crippen LogP contribution is -2.25. The standard InChI is InChI=1S/C15H24FNO2/c1-5-17-11-12-6-7-14(13(16)10-12)19-9-8-15(2,3)18-4/h6-7,10,17H,5,8-9,11H2,1-4H3. The second-order valence-electron chi connectivity index (χ2n) is 5.11. The van der Waals surface area contributed by atoms with Gasteiger partial charge in [0.1, 0.15) is 0 Å². The van der Waals surface area contributed by atoms with E-state index in [2.05, 4.69) is 5.32 Å². The van der Waals surface area contributed by atoms with Crippen LogP contribution in [0.15, 0.2) is 18.2 Å². The number of hydrogen-bond acceptors (Lipinski definition) is 3. The molecule has 1 rings (SSSR count). The van der Waals surface area contributed by atoms with E-state index in [1.54, 1.807) is 13.2 Å². The lowest BCUT2D eigenvalue weighted by molar-refractivity contribution is 0.00513. The Morgan fingerprint density at radius 2 is 2.05 bits per heavy atom. The maximum absolute atomic E-state index is 13.8. The van der Waals surface area contributed by atoms with Gasteiger partial charge < -0.3 is 14.8 Å². The van der Waals surface area contributed by atoms with Crippen LogP contribution in [0.1, 0.15) is 32.8 Å². The van der Waals surface area contributed by atoms with E-state index in [-0.39, 0.29) is 11.4 Å². The fraction of sp³-hybridized carbons (Fsp3) is 0.600. The van der Waals surface area contributed by atoms with Crippen LogP contribution in [0.5, 0.6) is 5.75 Å². The van der Waals surface area contributed by atoms with Crippen molar-refractivity contribution in [2.45, 2.75) is 39.3 Å². The van der Waals surface area contributed by atoms with Crippen molar-refractivity contribution in [3.8, 4) is 5.75 Å². The van der Waals surface area contributed by atoms with Crippen LogP contribution in [0, 0.1) is 5.82 Å². The van der Waals surface area contributed by atoms with Crippen molar-refractivity contribution >= 4 is 0 Å². The van der Waals surface area contributed by atoms with E-state index in [0.717, 1.165) is 12.1 Å². The van der Waals surface area contributed by atoms with E-state index in [4.69, 9.17) is 9.47 Å². The molecule has 1 aromatic carbocycles. The zero-order chi connectivity index (χ0) is 14.3. The molecule has 4 heteroatoms. The van der Waals surface area contributed by atoms with Gasteiger partial charge in [-0.05, 0) is 38.1 Å². The highest BCUT2D eigenvalue weighted by Crippen LogP contribution is 2.20. The number of hydrogen-bond donors (Lipinski definition) is 1. The Kier molecular flexibility index (Phi) is 6.25. The molecule has 0 amide bonds. The van der Waals surface area contributed by atoms with Gasteiger partial charge in [0.25, 0.3) is 0 Å². The highest BCUT2D eigenvalue weighted by molar-refractivity contribution is 5.29. The quantitative estimate of drug-likeness (QED) is 0.786. The third kappa shape index (κ3) is 5.57. The molecule has 1 aromatic rings. The van der Waals surface area contributed by atoms with Gasteiger partial charge in [0.2, 0.25) is 0 Å². The zero-order valence-electron chi connectivity index (χ0n) is 12.3. The summed E-state index contributed by atoms with van der Waals surface area (Å²) in [6.45, 7) is 7.95. The predicted octanol–water partition coefficient (Wildman–Crippen LogP) is 3.13. The third-order valence-electron chi connectivity index (χ3n) is 3.09. The van der Waals surface area contributed by atoms with E-state index in [1.807, 2.05) is 26.8 Å². The van der Waals surface area contributed by atoms with Gasteiger partial charge in [0, 0.05) is 20.1 Å². The second kappa shape index (κ2) is 7.46. The third-order valence-corrected chi connectivity index (χ3v) is 3.09. The van der Waals surface area contributed by atoms with Gasteiger partial charge in [-0.25, -0.2) is 4.39 Å². The van der Waals surface area contributed by atoms with Gasteiger partial charge in [0.05, 0.1) is 12.2 Å². The van der Waals surface area contributed by atoms with Crippen LogP contribution in [0.3, 0.4) is 0 Å². The minimum absolute atomic E-state index is 0.249. The molecule has 0 saturated carbocycles. The van der Waals surface area contributed by atoms with Crippen LogP contribution in [-0.2, 0) is 11.3 Å². The molecular formula is C15H24FNO2. The summed E-state index contributed by atoms with van der Waals surface area (Å²) in [5.74, 6) is -0.0159. The van der Waals surface area contributed by atoms with Crippen molar-refractivity contribution in [3.63, 3.8) is 0 Å². The molecule has 0 spiro atoms. The Morgan fingerprint density at radius 3 is 2.63 bits per heavy atom. The Morgan fingerprint density at radius 1 is 1.32 bits per heavy atom. The Hall–Kier alpha value is -1.13. The summed E-state index contributed by atoms with van der Waals surface area (Å²) >= 11 is 0. The number of ether oxygens (including phenoxy) is 2. The molecule has 3 nitrogen and oxygen atoms in total. The maximum atomic E-state index is 13.8. The summed E-state index contributed by atoms with van der Waals surface area (Å²) in [7, 11) is 1.66. The molecule has 0 radical (unpaired) electrons. The number of rotatable bonds is 8. The Labute approximate surface area is 115 Å². The Bertz CT molecular complexity index is 394. The summed E-state index contributed by atoms with van der Waals surface area (Å²) in [6, 6.07) is 5.07. The van der Waals surface area contributed by atoms with Crippen LogP contribution in [0.25, 0.3) is 0 Å². The highest BCUT2D eigenvalue weighted by atomic mass is 19.1. The largest absolute Gasteiger partial charge is 0.490 e. The minimum atomic E-state index is -0.314. The number of benzene rings is 1. The molecule has 0 bridgehead atoms. The monoisotopic (exact) mass is 269 g/mol. The molecule has 0 aliphatic heterocycles. The molecule has 0 atom stereocenters. The maximum Gasteiger partial charge on any atom is 0.165 e. The average molecular weight is 269 g/mol. The van der Waals surface area contributed by atoms with Gasteiger partial charge in [0.15, 0.2) is 11.6 Å². The average Bonchev–Trinajstić information content (AvgIpc) is 2.38. The van der Waals surface area contributed by atoms with Crippen LogP contribution < -0.4 is 10.1 Å². The number of halogens is 1. The molecule has 0 fully saturated rings. The minimum Gasteiger partial charge on any atom is -0.490 e. The van der Waals surface area contributed by atoms with E-state index < -0.39 is 0 Å². The molecule has 0 aliphatic carbocycles. The van der Waals surface area contributed by atoms with Gasteiger partial charge in [-0.2, -0.15) is 0 Å². The SMILES string of the molecule is CCNCc1ccc(OCCC(C)(C)OC)c(F)c1. The molecule has 108 valence electrons. The first-order valence-corrected chi connectivity index (χ1v) is 6.65. The van der Waals surface area contributed by atoms with Crippen molar-refractivity contribution in [3.05, 3.63) is 29.6 Å². The van der Waals surface area contributed by atoms with Crippen molar-refractivity contribution in [2.75, 3.05) is 20.3 Å². The first-order chi connectivity index (χ1) is 8.98. The van der Waals surface area contributed by atoms with Gasteiger partial charge in [-0.15, -0.1) is 0 Å². The van der Waals surface area contributed by atoms with E-state index in [9.17, 15) is 4.39 Å². The van der Waals surface area contributed by atoms with Gasteiger partial charge in [-0.3, -0.25) is 0 Å².